The molecule has 9 heteroatoms. The fraction of sp³-hybridized carbons (Fsp3) is 0.500. The molecule has 4 N–H and O–H groups in total. The van der Waals surface area contributed by atoms with Gasteiger partial charge in [0.05, 0.1) is 7.11 Å². The molecule has 0 aromatic carbocycles. The summed E-state index contributed by atoms with van der Waals surface area (Å²) in [6.45, 7) is 1.44. The molecule has 0 saturated heterocycles. The first-order chi connectivity index (χ1) is 9.79. The molecule has 0 aliphatic carbocycles. The number of carbonyl (C=O) groups is 2. The lowest BCUT2D eigenvalue weighted by Gasteiger charge is -2.31. The number of nitrogens with one attached hydrogen (secondary N) is 1. The molecule has 2 rings (SSSR count). The Hall–Kier alpha value is -1.97. The summed E-state index contributed by atoms with van der Waals surface area (Å²) in [5, 5.41) is 28.3. The minimum absolute atomic E-state index is 0.00338. The van der Waals surface area contributed by atoms with E-state index in [-0.39, 0.29) is 22.5 Å². The molecule has 4 unspecified atom stereocenters. The van der Waals surface area contributed by atoms with Crippen LogP contribution in [0.4, 0.5) is 4.39 Å². The zero-order chi connectivity index (χ0) is 15.9. The Morgan fingerprint density at radius 1 is 1.48 bits per heavy atom. The molecule has 0 fully saturated rings. The Bertz CT molecular complexity index is 582. The van der Waals surface area contributed by atoms with Crippen LogP contribution < -0.4 is 0 Å². The maximum absolute atomic E-state index is 12.8. The lowest BCUT2D eigenvalue weighted by molar-refractivity contribution is -0.151. The number of carbonyl (C=O) groups excluding carboxylic acids is 2. The molecule has 1 aliphatic heterocycles. The number of alkyl halides is 1. The van der Waals surface area contributed by atoms with Gasteiger partial charge in [-0.15, -0.1) is 0 Å². The number of methoxy groups -OCH3 is 1. The van der Waals surface area contributed by atoms with Crippen LogP contribution in [-0.2, 0) is 9.47 Å². The first kappa shape index (κ1) is 15.4. The SMILES string of the molecule is COC(=O)c1[nH]c2c(c1C)C(O)C(C(O)C(O)F)OC2=O. The summed E-state index contributed by atoms with van der Waals surface area (Å²) in [5.74, 6) is -1.75. The number of hydrogen-bond donors (Lipinski definition) is 4. The Kier molecular flexibility index (Phi) is 3.99. The molecule has 4 atom stereocenters. The Morgan fingerprint density at radius 3 is 2.62 bits per heavy atom. The van der Waals surface area contributed by atoms with Crippen molar-refractivity contribution in [3.05, 3.63) is 22.5 Å². The number of rotatable bonds is 3. The molecule has 2 heterocycles. The van der Waals surface area contributed by atoms with Crippen molar-refractivity contribution in [1.29, 1.82) is 0 Å². The van der Waals surface area contributed by atoms with Crippen LogP contribution >= 0.6 is 0 Å². The van der Waals surface area contributed by atoms with Gasteiger partial charge in [-0.2, -0.15) is 0 Å². The predicted octanol–water partition coefficient (Wildman–Crippen LogP) is -0.669. The predicted molar refractivity (Wildman–Crippen MR) is 64.2 cm³/mol. The zero-order valence-corrected chi connectivity index (χ0v) is 11.2. The standard InChI is InChI=1S/C12H14FNO7/c1-3-4-6(14-5(3)11(18)20-2)12(19)21-9(7(4)15)8(16)10(13)17/h7-10,14-17H,1-2H3. The molecular formula is C12H14FNO7. The van der Waals surface area contributed by atoms with Crippen LogP contribution in [0.25, 0.3) is 0 Å². The van der Waals surface area contributed by atoms with Crippen LogP contribution in [0.3, 0.4) is 0 Å². The topological polar surface area (TPSA) is 129 Å². The van der Waals surface area contributed by atoms with Crippen molar-refractivity contribution in [1.82, 2.24) is 4.98 Å². The van der Waals surface area contributed by atoms with Crippen LogP contribution in [-0.4, -0.2) is 57.9 Å². The van der Waals surface area contributed by atoms with Crippen molar-refractivity contribution < 1.29 is 38.8 Å². The van der Waals surface area contributed by atoms with Gasteiger partial charge in [0.25, 0.3) is 0 Å². The van der Waals surface area contributed by atoms with E-state index in [1.165, 1.54) is 6.92 Å². The third-order valence-corrected chi connectivity index (χ3v) is 3.36. The molecular weight excluding hydrogens is 289 g/mol. The molecule has 0 radical (unpaired) electrons. The number of aromatic amines is 1. The van der Waals surface area contributed by atoms with Gasteiger partial charge in [-0.05, 0) is 12.5 Å². The lowest BCUT2D eigenvalue weighted by atomic mass is 9.94. The van der Waals surface area contributed by atoms with Crippen molar-refractivity contribution in [3.8, 4) is 0 Å². The highest BCUT2D eigenvalue weighted by molar-refractivity contribution is 5.96. The van der Waals surface area contributed by atoms with E-state index in [9.17, 15) is 24.2 Å². The van der Waals surface area contributed by atoms with Crippen molar-refractivity contribution in [2.45, 2.75) is 31.6 Å². The summed E-state index contributed by atoms with van der Waals surface area (Å²) in [6, 6.07) is 0. The summed E-state index contributed by atoms with van der Waals surface area (Å²) >= 11 is 0. The largest absolute Gasteiger partial charge is 0.464 e. The van der Waals surface area contributed by atoms with E-state index in [1.807, 2.05) is 0 Å². The molecule has 116 valence electrons. The van der Waals surface area contributed by atoms with E-state index in [4.69, 9.17) is 9.84 Å². The fourth-order valence-corrected chi connectivity index (χ4v) is 2.27. The van der Waals surface area contributed by atoms with E-state index >= 15 is 0 Å². The number of hydrogen-bond acceptors (Lipinski definition) is 7. The second-order valence-electron chi connectivity index (χ2n) is 4.58. The average Bonchev–Trinajstić information content (AvgIpc) is 2.79. The first-order valence-corrected chi connectivity index (χ1v) is 5.99. The van der Waals surface area contributed by atoms with Crippen LogP contribution in [0, 0.1) is 6.92 Å². The van der Waals surface area contributed by atoms with Gasteiger partial charge in [-0.3, -0.25) is 0 Å². The first-order valence-electron chi connectivity index (χ1n) is 5.99. The molecule has 1 aromatic heterocycles. The van der Waals surface area contributed by atoms with E-state index < -0.39 is 36.6 Å². The highest BCUT2D eigenvalue weighted by Gasteiger charge is 2.44. The minimum Gasteiger partial charge on any atom is -0.464 e. The number of esters is 2. The van der Waals surface area contributed by atoms with Crippen molar-refractivity contribution in [2.75, 3.05) is 7.11 Å². The zero-order valence-electron chi connectivity index (χ0n) is 11.2. The second kappa shape index (κ2) is 5.43. The summed E-state index contributed by atoms with van der Waals surface area (Å²) in [5.41, 5.74) is -0.0328. The number of fused-ring (bicyclic) bond motifs is 1. The molecule has 0 spiro atoms. The number of halogens is 1. The van der Waals surface area contributed by atoms with Gasteiger partial charge in [0.2, 0.25) is 6.36 Å². The van der Waals surface area contributed by atoms with Gasteiger partial charge in [-0.1, -0.05) is 0 Å². The second-order valence-corrected chi connectivity index (χ2v) is 4.58. The quantitative estimate of drug-likeness (QED) is 0.545. The highest BCUT2D eigenvalue weighted by atomic mass is 19.1. The molecule has 0 bridgehead atoms. The Balaban J connectivity index is 2.48. The molecule has 0 amide bonds. The van der Waals surface area contributed by atoms with Crippen molar-refractivity contribution >= 4 is 11.9 Å². The van der Waals surface area contributed by atoms with Gasteiger partial charge < -0.3 is 29.8 Å². The van der Waals surface area contributed by atoms with Crippen LogP contribution in [0.2, 0.25) is 0 Å². The number of H-pyrrole nitrogens is 1. The van der Waals surface area contributed by atoms with Gasteiger partial charge in [0.1, 0.15) is 23.6 Å². The van der Waals surface area contributed by atoms with Crippen LogP contribution in [0.15, 0.2) is 0 Å². The average molecular weight is 303 g/mol. The van der Waals surface area contributed by atoms with Crippen molar-refractivity contribution in [3.63, 3.8) is 0 Å². The monoisotopic (exact) mass is 303 g/mol. The third kappa shape index (κ3) is 2.39. The van der Waals surface area contributed by atoms with Crippen molar-refractivity contribution in [2.24, 2.45) is 0 Å². The number of aromatic nitrogens is 1. The normalized spacial score (nSPS) is 24.0. The van der Waals surface area contributed by atoms with Crippen LogP contribution in [0.5, 0.6) is 0 Å². The molecule has 0 saturated carbocycles. The maximum atomic E-state index is 12.8. The summed E-state index contributed by atoms with van der Waals surface area (Å²) in [6.07, 6.45) is -8.11. The van der Waals surface area contributed by atoms with Gasteiger partial charge in [-0.25, -0.2) is 14.0 Å². The molecule has 8 nitrogen and oxygen atoms in total. The molecule has 1 aromatic rings. The van der Waals surface area contributed by atoms with Gasteiger partial charge >= 0.3 is 11.9 Å². The van der Waals surface area contributed by atoms with Crippen LogP contribution in [0.1, 0.15) is 38.2 Å². The molecule has 21 heavy (non-hydrogen) atoms. The Morgan fingerprint density at radius 2 is 2.10 bits per heavy atom. The number of ether oxygens (including phenoxy) is 2. The van der Waals surface area contributed by atoms with E-state index in [0.717, 1.165) is 7.11 Å². The maximum Gasteiger partial charge on any atom is 0.355 e. The summed E-state index contributed by atoms with van der Waals surface area (Å²) < 4.78 is 22.0. The summed E-state index contributed by atoms with van der Waals surface area (Å²) in [4.78, 5) is 25.8. The lowest BCUT2D eigenvalue weighted by Crippen LogP contribution is -2.45. The highest BCUT2D eigenvalue weighted by Crippen LogP contribution is 2.35. The van der Waals surface area contributed by atoms with Gasteiger partial charge in [0, 0.05) is 5.56 Å². The van der Waals surface area contributed by atoms with E-state index in [1.54, 1.807) is 0 Å². The summed E-state index contributed by atoms with van der Waals surface area (Å²) in [7, 11) is 1.14. The number of aliphatic hydroxyl groups is 3. The fourth-order valence-electron chi connectivity index (χ4n) is 2.27. The van der Waals surface area contributed by atoms with Gasteiger partial charge in [0.15, 0.2) is 6.10 Å². The van der Waals surface area contributed by atoms with E-state index in [2.05, 4.69) is 9.72 Å². The number of cyclic esters (lactones) is 1. The minimum atomic E-state index is -2.70. The Labute approximate surface area is 118 Å². The van der Waals surface area contributed by atoms with E-state index in [0.29, 0.717) is 0 Å². The molecule has 1 aliphatic rings. The number of aliphatic hydroxyl groups excluding tert-OH is 3. The third-order valence-electron chi connectivity index (χ3n) is 3.36. The smallest absolute Gasteiger partial charge is 0.355 e.